The molecule has 0 aromatic heterocycles. The van der Waals surface area contributed by atoms with Gasteiger partial charge in [-0.15, -0.1) is 0 Å². The second kappa shape index (κ2) is 10.1. The Balaban J connectivity index is 1.56. The first-order chi connectivity index (χ1) is 15.4. The molecule has 162 valence electrons. The number of carbonyl (C=O) groups excluding carboxylic acids is 2. The standard InChI is InChI=1S/C24H16BrCl2NO3S/c25-18-7-9-21(31-14-15-4-2-1-3-5-15)17(10-18)11-22-23(29)28(24(30)32-22)13-16-6-8-19(26)12-20(16)27/h1-12H,13-14H2/b22-11-. The fraction of sp³-hybridized carbons (Fsp3) is 0.0833. The second-order valence-electron chi connectivity index (χ2n) is 6.96. The number of rotatable bonds is 6. The van der Waals surface area contributed by atoms with Crippen LogP contribution in [0, 0.1) is 0 Å². The number of hydrogen-bond donors (Lipinski definition) is 0. The van der Waals surface area contributed by atoms with E-state index in [0.29, 0.717) is 38.4 Å². The maximum Gasteiger partial charge on any atom is 0.293 e. The Kier molecular flexibility index (Phi) is 7.26. The lowest BCUT2D eigenvalue weighted by Gasteiger charge is -2.14. The number of amides is 2. The van der Waals surface area contributed by atoms with Crippen molar-refractivity contribution in [3.63, 3.8) is 0 Å². The molecule has 4 nitrogen and oxygen atoms in total. The van der Waals surface area contributed by atoms with Crippen LogP contribution in [0.3, 0.4) is 0 Å². The van der Waals surface area contributed by atoms with Crippen LogP contribution in [-0.4, -0.2) is 16.0 Å². The number of imide groups is 1. The van der Waals surface area contributed by atoms with Crippen LogP contribution in [0.4, 0.5) is 4.79 Å². The van der Waals surface area contributed by atoms with Gasteiger partial charge >= 0.3 is 0 Å². The van der Waals surface area contributed by atoms with Gasteiger partial charge in [0.25, 0.3) is 11.1 Å². The molecule has 0 N–H and O–H groups in total. The van der Waals surface area contributed by atoms with Crippen LogP contribution in [0.15, 0.2) is 76.1 Å². The van der Waals surface area contributed by atoms with Crippen molar-refractivity contribution < 1.29 is 14.3 Å². The van der Waals surface area contributed by atoms with Crippen molar-refractivity contribution in [2.24, 2.45) is 0 Å². The maximum absolute atomic E-state index is 13.0. The third-order valence-corrected chi connectivity index (χ3v) is 6.70. The number of benzene rings is 3. The van der Waals surface area contributed by atoms with E-state index in [9.17, 15) is 9.59 Å². The monoisotopic (exact) mass is 547 g/mol. The highest BCUT2D eigenvalue weighted by Gasteiger charge is 2.35. The molecule has 1 heterocycles. The SMILES string of the molecule is O=C1S/C(=C\c2cc(Br)ccc2OCc2ccccc2)C(=O)N1Cc1ccc(Cl)cc1Cl. The van der Waals surface area contributed by atoms with E-state index in [2.05, 4.69) is 15.9 Å². The van der Waals surface area contributed by atoms with Crippen LogP contribution >= 0.6 is 50.9 Å². The lowest BCUT2D eigenvalue weighted by atomic mass is 10.1. The van der Waals surface area contributed by atoms with Gasteiger partial charge in [0.05, 0.1) is 11.4 Å². The molecule has 32 heavy (non-hydrogen) atoms. The van der Waals surface area contributed by atoms with Gasteiger partial charge in [-0.1, -0.05) is 75.5 Å². The summed E-state index contributed by atoms with van der Waals surface area (Å²) in [6, 6.07) is 20.3. The highest BCUT2D eigenvalue weighted by atomic mass is 79.9. The minimum Gasteiger partial charge on any atom is -0.488 e. The average Bonchev–Trinajstić information content (AvgIpc) is 3.03. The highest BCUT2D eigenvalue weighted by molar-refractivity contribution is 9.10. The molecule has 0 spiro atoms. The van der Waals surface area contributed by atoms with E-state index in [1.54, 1.807) is 24.3 Å². The Labute approximate surface area is 208 Å². The van der Waals surface area contributed by atoms with E-state index < -0.39 is 0 Å². The van der Waals surface area contributed by atoms with Gasteiger partial charge in [0, 0.05) is 20.1 Å². The molecule has 1 fully saturated rings. The van der Waals surface area contributed by atoms with Gasteiger partial charge in [-0.3, -0.25) is 14.5 Å². The molecule has 3 aromatic rings. The summed E-state index contributed by atoms with van der Waals surface area (Å²) in [7, 11) is 0. The third-order valence-electron chi connectivity index (χ3n) is 4.71. The van der Waals surface area contributed by atoms with E-state index in [1.807, 2.05) is 48.5 Å². The Hall–Kier alpha value is -2.25. The molecule has 0 atom stereocenters. The number of ether oxygens (including phenoxy) is 1. The van der Waals surface area contributed by atoms with E-state index in [4.69, 9.17) is 27.9 Å². The minimum absolute atomic E-state index is 0.0772. The molecule has 1 aliphatic rings. The molecule has 0 unspecified atom stereocenters. The predicted molar refractivity (Wildman–Crippen MR) is 133 cm³/mol. The van der Waals surface area contributed by atoms with Crippen LogP contribution in [-0.2, 0) is 17.9 Å². The molecule has 0 bridgehead atoms. The normalized spacial score (nSPS) is 15.0. The van der Waals surface area contributed by atoms with Gasteiger partial charge in [-0.05, 0) is 59.3 Å². The molecule has 0 aliphatic carbocycles. The lowest BCUT2D eigenvalue weighted by Crippen LogP contribution is -2.27. The number of halogens is 3. The molecule has 3 aromatic carbocycles. The number of nitrogens with zero attached hydrogens (tertiary/aromatic N) is 1. The van der Waals surface area contributed by atoms with Crippen LogP contribution < -0.4 is 4.74 Å². The van der Waals surface area contributed by atoms with Gasteiger partial charge in [-0.25, -0.2) is 0 Å². The number of thioether (sulfide) groups is 1. The summed E-state index contributed by atoms with van der Waals surface area (Å²) >= 11 is 16.5. The van der Waals surface area contributed by atoms with Crippen LogP contribution in [0.5, 0.6) is 5.75 Å². The fourth-order valence-electron chi connectivity index (χ4n) is 3.10. The van der Waals surface area contributed by atoms with Crippen molar-refractivity contribution >= 4 is 68.1 Å². The molecule has 1 aliphatic heterocycles. The minimum atomic E-state index is -0.375. The smallest absolute Gasteiger partial charge is 0.293 e. The van der Waals surface area contributed by atoms with Crippen LogP contribution in [0.2, 0.25) is 10.0 Å². The molecule has 8 heteroatoms. The largest absolute Gasteiger partial charge is 0.488 e. The second-order valence-corrected chi connectivity index (χ2v) is 9.71. The predicted octanol–water partition coefficient (Wildman–Crippen LogP) is 7.57. The van der Waals surface area contributed by atoms with Gasteiger partial charge in [0.1, 0.15) is 12.4 Å². The lowest BCUT2D eigenvalue weighted by molar-refractivity contribution is -0.123. The van der Waals surface area contributed by atoms with Gasteiger partial charge < -0.3 is 4.74 Å². The summed E-state index contributed by atoms with van der Waals surface area (Å²) in [5.74, 6) is 0.240. The average molecular weight is 549 g/mol. The molecule has 0 saturated carbocycles. The molecule has 4 rings (SSSR count). The summed E-state index contributed by atoms with van der Waals surface area (Å²) in [5, 5.41) is 0.545. The molecule has 1 saturated heterocycles. The Morgan fingerprint density at radius 3 is 2.53 bits per heavy atom. The topological polar surface area (TPSA) is 46.6 Å². The number of hydrogen-bond acceptors (Lipinski definition) is 4. The third kappa shape index (κ3) is 5.38. The van der Waals surface area contributed by atoms with Crippen molar-refractivity contribution in [3.05, 3.63) is 103 Å². The van der Waals surface area contributed by atoms with Crippen LogP contribution in [0.25, 0.3) is 6.08 Å². The Morgan fingerprint density at radius 1 is 1.00 bits per heavy atom. The number of carbonyl (C=O) groups is 2. The van der Waals surface area contributed by atoms with Gasteiger partial charge in [0.15, 0.2) is 0 Å². The quantitative estimate of drug-likeness (QED) is 0.298. The van der Waals surface area contributed by atoms with Gasteiger partial charge in [-0.2, -0.15) is 0 Å². The van der Waals surface area contributed by atoms with E-state index in [0.717, 1.165) is 21.8 Å². The van der Waals surface area contributed by atoms with Crippen molar-refractivity contribution in [2.45, 2.75) is 13.2 Å². The molecular weight excluding hydrogens is 533 g/mol. The van der Waals surface area contributed by atoms with Gasteiger partial charge in [0.2, 0.25) is 0 Å². The zero-order valence-electron chi connectivity index (χ0n) is 16.6. The molecular formula is C24H16BrCl2NO3S. The van der Waals surface area contributed by atoms with Crippen molar-refractivity contribution in [3.8, 4) is 5.75 Å². The van der Waals surface area contributed by atoms with Crippen molar-refractivity contribution in [1.29, 1.82) is 0 Å². The molecule has 0 radical (unpaired) electrons. The van der Waals surface area contributed by atoms with Crippen molar-refractivity contribution in [2.75, 3.05) is 0 Å². The summed E-state index contributed by atoms with van der Waals surface area (Å²) in [6.45, 7) is 0.466. The van der Waals surface area contributed by atoms with E-state index in [-0.39, 0.29) is 17.7 Å². The maximum atomic E-state index is 13.0. The first-order valence-corrected chi connectivity index (χ1v) is 11.9. The zero-order chi connectivity index (χ0) is 22.7. The summed E-state index contributed by atoms with van der Waals surface area (Å²) in [5.41, 5.74) is 2.38. The summed E-state index contributed by atoms with van der Waals surface area (Å²) < 4.78 is 6.82. The molecule has 2 amide bonds. The summed E-state index contributed by atoms with van der Waals surface area (Å²) in [4.78, 5) is 27.0. The van der Waals surface area contributed by atoms with E-state index in [1.165, 1.54) is 4.90 Å². The first kappa shape index (κ1) is 22.9. The van der Waals surface area contributed by atoms with Crippen LogP contribution in [0.1, 0.15) is 16.7 Å². The van der Waals surface area contributed by atoms with E-state index >= 15 is 0 Å². The first-order valence-electron chi connectivity index (χ1n) is 9.56. The Morgan fingerprint density at radius 2 is 1.78 bits per heavy atom. The zero-order valence-corrected chi connectivity index (χ0v) is 20.5. The Bertz CT molecular complexity index is 1220. The van der Waals surface area contributed by atoms with Crippen molar-refractivity contribution in [1.82, 2.24) is 4.90 Å². The fourth-order valence-corrected chi connectivity index (χ4v) is 4.77. The highest BCUT2D eigenvalue weighted by Crippen LogP contribution is 2.36. The summed E-state index contributed by atoms with van der Waals surface area (Å²) in [6.07, 6.45) is 1.68.